The van der Waals surface area contributed by atoms with Crippen LogP contribution in [0.5, 0.6) is 0 Å². The fourth-order valence-electron chi connectivity index (χ4n) is 1.30. The molecule has 78 valence electrons. The first kappa shape index (κ1) is 9.92. The topological polar surface area (TPSA) is 67.5 Å². The van der Waals surface area contributed by atoms with Crippen LogP contribution in [0.3, 0.4) is 0 Å². The van der Waals surface area contributed by atoms with E-state index in [0.29, 0.717) is 11.1 Å². The van der Waals surface area contributed by atoms with Gasteiger partial charge in [-0.2, -0.15) is 0 Å². The summed E-state index contributed by atoms with van der Waals surface area (Å²) in [6, 6.07) is 5.01. The molecular formula is C10H8O4S. The van der Waals surface area contributed by atoms with Gasteiger partial charge in [-0.15, -0.1) is 0 Å². The SMILES string of the molecule is CC(C(=O)O)c1ccc2sc(=O)oc2c1. The zero-order chi connectivity index (χ0) is 11.0. The Hall–Kier alpha value is -1.62. The van der Waals surface area contributed by atoms with Crippen LogP contribution in [0.2, 0.25) is 0 Å². The molecule has 0 aliphatic carbocycles. The first-order valence-corrected chi connectivity index (χ1v) is 5.16. The number of carbonyl (C=O) groups is 1. The smallest absolute Gasteiger partial charge is 0.396 e. The van der Waals surface area contributed by atoms with Gasteiger partial charge in [-0.05, 0) is 24.6 Å². The fourth-order valence-corrected chi connectivity index (χ4v) is 1.95. The van der Waals surface area contributed by atoms with Gasteiger partial charge in [0.1, 0.15) is 5.58 Å². The minimum Gasteiger partial charge on any atom is -0.481 e. The molecule has 1 unspecified atom stereocenters. The average molecular weight is 224 g/mol. The average Bonchev–Trinajstić information content (AvgIpc) is 2.55. The highest BCUT2D eigenvalue weighted by Gasteiger charge is 2.14. The summed E-state index contributed by atoms with van der Waals surface area (Å²) in [5.74, 6) is -1.49. The molecular weight excluding hydrogens is 216 g/mol. The van der Waals surface area contributed by atoms with Crippen molar-refractivity contribution in [3.05, 3.63) is 33.5 Å². The molecule has 15 heavy (non-hydrogen) atoms. The highest BCUT2D eigenvalue weighted by atomic mass is 32.1. The highest BCUT2D eigenvalue weighted by molar-refractivity contribution is 7.16. The van der Waals surface area contributed by atoms with E-state index in [0.717, 1.165) is 16.0 Å². The Morgan fingerprint density at radius 1 is 1.53 bits per heavy atom. The van der Waals surface area contributed by atoms with E-state index in [1.54, 1.807) is 25.1 Å². The molecule has 0 aliphatic rings. The van der Waals surface area contributed by atoms with Crippen molar-refractivity contribution in [2.75, 3.05) is 0 Å². The quantitative estimate of drug-likeness (QED) is 0.847. The van der Waals surface area contributed by atoms with Crippen molar-refractivity contribution in [1.29, 1.82) is 0 Å². The van der Waals surface area contributed by atoms with Gasteiger partial charge >= 0.3 is 10.9 Å². The summed E-state index contributed by atoms with van der Waals surface area (Å²) in [7, 11) is 0. The second-order valence-corrected chi connectivity index (χ2v) is 4.20. The van der Waals surface area contributed by atoms with Gasteiger partial charge in [0.15, 0.2) is 0 Å². The zero-order valence-corrected chi connectivity index (χ0v) is 8.71. The molecule has 0 radical (unpaired) electrons. The highest BCUT2D eigenvalue weighted by Crippen LogP contribution is 2.23. The molecule has 1 heterocycles. The van der Waals surface area contributed by atoms with Gasteiger partial charge in [-0.1, -0.05) is 17.4 Å². The summed E-state index contributed by atoms with van der Waals surface area (Å²) in [5, 5.41) is 8.82. The summed E-state index contributed by atoms with van der Waals surface area (Å²) in [6.45, 7) is 1.59. The maximum Gasteiger partial charge on any atom is 0.396 e. The second kappa shape index (κ2) is 3.51. The summed E-state index contributed by atoms with van der Waals surface area (Å²) in [4.78, 5) is 21.3. The molecule has 1 aromatic heterocycles. The Bertz CT molecular complexity index is 566. The molecule has 0 aliphatic heterocycles. The van der Waals surface area contributed by atoms with Gasteiger partial charge in [0.05, 0.1) is 10.6 Å². The van der Waals surface area contributed by atoms with Crippen molar-refractivity contribution in [3.8, 4) is 0 Å². The van der Waals surface area contributed by atoms with Crippen molar-refractivity contribution < 1.29 is 14.3 Å². The third-order valence-corrected chi connectivity index (χ3v) is 3.03. The van der Waals surface area contributed by atoms with Crippen LogP contribution in [0.4, 0.5) is 0 Å². The Balaban J connectivity index is 2.55. The molecule has 5 heteroatoms. The van der Waals surface area contributed by atoms with Gasteiger partial charge in [0.2, 0.25) is 0 Å². The van der Waals surface area contributed by atoms with Gasteiger partial charge in [0, 0.05) is 0 Å². The number of hydrogen-bond donors (Lipinski definition) is 1. The molecule has 2 rings (SSSR count). The van der Waals surface area contributed by atoms with Gasteiger partial charge in [-0.3, -0.25) is 4.79 Å². The molecule has 0 saturated carbocycles. The van der Waals surface area contributed by atoms with Gasteiger partial charge in [0.25, 0.3) is 0 Å². The third-order valence-electron chi connectivity index (χ3n) is 2.22. The maximum absolute atomic E-state index is 10.9. The number of benzene rings is 1. The largest absolute Gasteiger partial charge is 0.481 e. The Morgan fingerprint density at radius 2 is 2.27 bits per heavy atom. The van der Waals surface area contributed by atoms with E-state index in [2.05, 4.69) is 0 Å². The van der Waals surface area contributed by atoms with Crippen molar-refractivity contribution >= 4 is 27.6 Å². The number of rotatable bonds is 2. The number of carboxylic acids is 1. The molecule has 2 aromatic rings. The molecule has 0 saturated heterocycles. The van der Waals surface area contributed by atoms with Crippen molar-refractivity contribution in [3.63, 3.8) is 0 Å². The van der Waals surface area contributed by atoms with Gasteiger partial charge in [-0.25, -0.2) is 4.79 Å². The van der Waals surface area contributed by atoms with Crippen LogP contribution in [0, 0.1) is 0 Å². The van der Waals surface area contributed by atoms with E-state index < -0.39 is 11.9 Å². The summed E-state index contributed by atoms with van der Waals surface area (Å²) in [5.41, 5.74) is 1.09. The summed E-state index contributed by atoms with van der Waals surface area (Å²) in [6.07, 6.45) is 0. The lowest BCUT2D eigenvalue weighted by atomic mass is 10.0. The molecule has 0 spiro atoms. The monoisotopic (exact) mass is 224 g/mol. The summed E-state index contributed by atoms with van der Waals surface area (Å²) < 4.78 is 5.65. The minimum atomic E-state index is -0.896. The van der Waals surface area contributed by atoms with E-state index in [-0.39, 0.29) is 4.94 Å². The lowest BCUT2D eigenvalue weighted by molar-refractivity contribution is -0.138. The number of carboxylic acid groups (broad SMARTS) is 1. The fraction of sp³-hybridized carbons (Fsp3) is 0.200. The third kappa shape index (κ3) is 1.78. The molecule has 1 atom stereocenters. The van der Waals surface area contributed by atoms with Crippen molar-refractivity contribution in [2.24, 2.45) is 0 Å². The molecule has 1 aromatic carbocycles. The van der Waals surface area contributed by atoms with E-state index in [1.807, 2.05) is 0 Å². The standard InChI is InChI=1S/C10H8O4S/c1-5(9(11)12)6-2-3-8-7(4-6)14-10(13)15-8/h2-5H,1H3,(H,11,12). The van der Waals surface area contributed by atoms with Gasteiger partial charge < -0.3 is 9.52 Å². The molecule has 1 N–H and O–H groups in total. The van der Waals surface area contributed by atoms with Crippen LogP contribution in [0.15, 0.2) is 27.4 Å². The molecule has 0 fully saturated rings. The van der Waals surface area contributed by atoms with E-state index in [9.17, 15) is 9.59 Å². The zero-order valence-electron chi connectivity index (χ0n) is 7.89. The summed E-state index contributed by atoms with van der Waals surface area (Å²) >= 11 is 1.01. The molecule has 0 bridgehead atoms. The van der Waals surface area contributed by atoms with Crippen LogP contribution in [-0.2, 0) is 4.79 Å². The predicted molar refractivity (Wildman–Crippen MR) is 56.4 cm³/mol. The van der Waals surface area contributed by atoms with Crippen molar-refractivity contribution in [1.82, 2.24) is 0 Å². The van der Waals surface area contributed by atoms with Crippen LogP contribution in [0.25, 0.3) is 10.3 Å². The van der Waals surface area contributed by atoms with E-state index >= 15 is 0 Å². The lowest BCUT2D eigenvalue weighted by Crippen LogP contribution is -2.06. The molecule has 4 nitrogen and oxygen atoms in total. The first-order chi connectivity index (χ1) is 7.08. The van der Waals surface area contributed by atoms with E-state index in [1.165, 1.54) is 0 Å². The van der Waals surface area contributed by atoms with Crippen LogP contribution < -0.4 is 4.94 Å². The van der Waals surface area contributed by atoms with Crippen LogP contribution in [0.1, 0.15) is 18.4 Å². The van der Waals surface area contributed by atoms with Crippen LogP contribution in [-0.4, -0.2) is 11.1 Å². The maximum atomic E-state index is 10.9. The number of hydrogen-bond acceptors (Lipinski definition) is 4. The molecule has 0 amide bonds. The van der Waals surface area contributed by atoms with Crippen LogP contribution >= 0.6 is 11.3 Å². The lowest BCUT2D eigenvalue weighted by Gasteiger charge is -2.04. The van der Waals surface area contributed by atoms with Crippen molar-refractivity contribution in [2.45, 2.75) is 12.8 Å². The first-order valence-electron chi connectivity index (χ1n) is 4.34. The Kier molecular flexibility index (Phi) is 2.32. The predicted octanol–water partition coefficient (Wildman–Crippen LogP) is 2.04. The number of aliphatic carboxylic acids is 1. The normalized spacial score (nSPS) is 12.9. The number of fused-ring (bicyclic) bond motifs is 1. The minimum absolute atomic E-state index is 0.370. The Labute approximate surface area is 88.8 Å². The second-order valence-electron chi connectivity index (χ2n) is 3.22. The van der Waals surface area contributed by atoms with E-state index in [4.69, 9.17) is 9.52 Å². The Morgan fingerprint density at radius 3 is 2.93 bits per heavy atom.